The van der Waals surface area contributed by atoms with Crippen molar-refractivity contribution in [1.82, 2.24) is 4.57 Å². The van der Waals surface area contributed by atoms with Crippen molar-refractivity contribution in [2.24, 2.45) is 5.92 Å². The third-order valence-electron chi connectivity index (χ3n) is 7.41. The van der Waals surface area contributed by atoms with Gasteiger partial charge in [-0.25, -0.2) is 4.79 Å². The topological polar surface area (TPSA) is 52.9 Å². The normalized spacial score (nSPS) is 16.8. The van der Waals surface area contributed by atoms with E-state index in [2.05, 4.69) is 60.6 Å². The maximum absolute atomic E-state index is 13.3. The molecule has 5 rings (SSSR count). The number of esters is 1. The number of hydrogen-bond donors (Lipinski definition) is 0. The molecule has 6 heteroatoms. The van der Waals surface area contributed by atoms with Crippen LogP contribution >= 0.6 is 0 Å². The lowest BCUT2D eigenvalue weighted by molar-refractivity contribution is -0.164. The minimum Gasteiger partial charge on any atom is -0.467 e. The van der Waals surface area contributed by atoms with Crippen molar-refractivity contribution >= 4 is 22.6 Å². The van der Waals surface area contributed by atoms with E-state index in [1.54, 1.807) is 0 Å². The zero-order valence-corrected chi connectivity index (χ0v) is 22.6. The maximum atomic E-state index is 13.3. The third-order valence-corrected chi connectivity index (χ3v) is 7.41. The minimum absolute atomic E-state index is 0.376. The Balaban J connectivity index is 1.84. The van der Waals surface area contributed by atoms with Gasteiger partial charge in [0.15, 0.2) is 6.10 Å². The first-order valence-electron chi connectivity index (χ1n) is 12.9. The molecule has 2 aromatic carbocycles. The first kappa shape index (κ1) is 24.8. The van der Waals surface area contributed by atoms with Gasteiger partial charge in [-0.3, -0.25) is 0 Å². The largest absolute Gasteiger partial charge is 0.467 e. The molecular weight excluding hydrogens is 452 g/mol. The van der Waals surface area contributed by atoms with Gasteiger partial charge in [-0.05, 0) is 64.3 Å². The van der Waals surface area contributed by atoms with Crippen LogP contribution in [0.2, 0.25) is 0 Å². The first-order valence-corrected chi connectivity index (χ1v) is 12.9. The molecule has 36 heavy (non-hydrogen) atoms. The van der Waals surface area contributed by atoms with E-state index in [1.165, 1.54) is 29.6 Å². The zero-order valence-electron chi connectivity index (χ0n) is 22.6. The Morgan fingerprint density at radius 3 is 2.39 bits per heavy atom. The highest BCUT2D eigenvalue weighted by Crippen LogP contribution is 2.48. The molecule has 2 aliphatic rings. The van der Waals surface area contributed by atoms with Gasteiger partial charge in [0.05, 0.1) is 37.1 Å². The summed E-state index contributed by atoms with van der Waals surface area (Å²) in [6.07, 6.45) is -0.841. The molecule has 1 unspecified atom stereocenters. The summed E-state index contributed by atoms with van der Waals surface area (Å²) < 4.78 is 19.7. The summed E-state index contributed by atoms with van der Waals surface area (Å²) in [5, 5.41) is 1.16. The van der Waals surface area contributed by atoms with Crippen LogP contribution in [0.25, 0.3) is 22.0 Å². The molecule has 0 aliphatic carbocycles. The van der Waals surface area contributed by atoms with E-state index in [4.69, 9.17) is 14.2 Å². The number of carbonyl (C=O) groups excluding carboxylic acids is 1. The molecule has 0 N–H and O–H groups in total. The molecule has 0 amide bonds. The molecule has 0 spiro atoms. The van der Waals surface area contributed by atoms with E-state index in [1.807, 2.05) is 20.8 Å². The highest BCUT2D eigenvalue weighted by molar-refractivity contribution is 6.07. The molecule has 0 saturated carbocycles. The monoisotopic (exact) mass is 490 g/mol. The van der Waals surface area contributed by atoms with Crippen molar-refractivity contribution in [2.75, 3.05) is 38.3 Å². The summed E-state index contributed by atoms with van der Waals surface area (Å²) in [6.45, 7) is 16.8. The highest BCUT2D eigenvalue weighted by atomic mass is 16.6. The number of ether oxygens (including phenoxy) is 3. The SMILES string of the molecule is COC(=O)C(OC(C)(C)C)c1c(C)c2c3c(cc(C)n3CCN2CC2COC2)c1-c1ccc(C)cc1. The van der Waals surface area contributed by atoms with Crippen LogP contribution in [0.15, 0.2) is 30.3 Å². The number of hydrogen-bond acceptors (Lipinski definition) is 5. The second-order valence-electron chi connectivity index (χ2n) is 11.3. The Kier molecular flexibility index (Phi) is 6.38. The van der Waals surface area contributed by atoms with Crippen molar-refractivity contribution in [1.29, 1.82) is 0 Å². The molecule has 0 radical (unpaired) electrons. The number of methoxy groups -OCH3 is 1. The van der Waals surface area contributed by atoms with Gasteiger partial charge in [0.2, 0.25) is 0 Å². The van der Waals surface area contributed by atoms with Crippen molar-refractivity contribution in [2.45, 2.75) is 59.8 Å². The predicted octanol–water partition coefficient (Wildman–Crippen LogP) is 5.73. The smallest absolute Gasteiger partial charge is 0.339 e. The molecule has 1 fully saturated rings. The van der Waals surface area contributed by atoms with E-state index < -0.39 is 11.7 Å². The fourth-order valence-corrected chi connectivity index (χ4v) is 5.70. The van der Waals surface area contributed by atoms with E-state index in [0.29, 0.717) is 5.92 Å². The van der Waals surface area contributed by atoms with Crippen LogP contribution in [-0.4, -0.2) is 49.6 Å². The zero-order chi connectivity index (χ0) is 25.8. The summed E-state index contributed by atoms with van der Waals surface area (Å²) in [6, 6.07) is 10.8. The van der Waals surface area contributed by atoms with Crippen LogP contribution in [0.5, 0.6) is 0 Å². The number of benzene rings is 2. The fraction of sp³-hybridized carbons (Fsp3) is 0.500. The quantitative estimate of drug-likeness (QED) is 0.413. The molecule has 3 heterocycles. The molecule has 192 valence electrons. The van der Waals surface area contributed by atoms with Crippen molar-refractivity contribution < 1.29 is 19.0 Å². The van der Waals surface area contributed by atoms with Gasteiger partial charge in [0.1, 0.15) is 0 Å². The summed E-state index contributed by atoms with van der Waals surface area (Å²) in [5.41, 5.74) is 8.46. The Hall–Kier alpha value is -2.83. The molecule has 1 atom stereocenters. The van der Waals surface area contributed by atoms with Crippen molar-refractivity contribution in [3.8, 4) is 11.1 Å². The summed E-state index contributed by atoms with van der Waals surface area (Å²) in [5.74, 6) is 0.156. The lowest BCUT2D eigenvalue weighted by atomic mass is 9.86. The van der Waals surface area contributed by atoms with Gasteiger partial charge in [0, 0.05) is 42.2 Å². The predicted molar refractivity (Wildman–Crippen MR) is 144 cm³/mol. The summed E-state index contributed by atoms with van der Waals surface area (Å²) in [7, 11) is 1.44. The lowest BCUT2D eigenvalue weighted by Crippen LogP contribution is -2.43. The molecule has 2 aliphatic heterocycles. The summed E-state index contributed by atoms with van der Waals surface area (Å²) >= 11 is 0. The number of aryl methyl sites for hydroxylation is 2. The number of carbonyl (C=O) groups is 1. The lowest BCUT2D eigenvalue weighted by Gasteiger charge is -2.39. The standard InChI is InChI=1S/C30H38N2O4/c1-18-8-10-22(11-9-18)25-23-14-19(2)32-13-12-31(15-21-16-35-17-21)26(27(23)32)20(3)24(25)28(29(33)34-7)36-30(4,5)6/h8-11,14,21,28H,12-13,15-17H2,1-7H3. The van der Waals surface area contributed by atoms with Gasteiger partial charge < -0.3 is 23.7 Å². The van der Waals surface area contributed by atoms with Gasteiger partial charge in [-0.2, -0.15) is 0 Å². The Labute approximate surface area is 214 Å². The van der Waals surface area contributed by atoms with E-state index in [0.717, 1.165) is 60.5 Å². The number of anilines is 1. The number of aromatic nitrogens is 1. The molecular formula is C30H38N2O4. The van der Waals surface area contributed by atoms with Crippen molar-refractivity contribution in [3.63, 3.8) is 0 Å². The Morgan fingerprint density at radius 2 is 1.81 bits per heavy atom. The fourth-order valence-electron chi connectivity index (χ4n) is 5.70. The van der Waals surface area contributed by atoms with Crippen LogP contribution in [0, 0.1) is 26.7 Å². The minimum atomic E-state index is -0.841. The Bertz CT molecular complexity index is 1300. The molecule has 0 bridgehead atoms. The van der Waals surface area contributed by atoms with Crippen LogP contribution in [0.4, 0.5) is 5.69 Å². The van der Waals surface area contributed by atoms with Crippen molar-refractivity contribution in [3.05, 3.63) is 52.7 Å². The maximum Gasteiger partial charge on any atom is 0.339 e. The summed E-state index contributed by atoms with van der Waals surface area (Å²) in [4.78, 5) is 15.8. The van der Waals surface area contributed by atoms with E-state index in [-0.39, 0.29) is 5.97 Å². The van der Waals surface area contributed by atoms with Gasteiger partial charge >= 0.3 is 5.97 Å². The Morgan fingerprint density at radius 1 is 1.11 bits per heavy atom. The van der Waals surface area contributed by atoms with E-state index in [9.17, 15) is 4.79 Å². The van der Waals surface area contributed by atoms with Gasteiger partial charge in [-0.1, -0.05) is 29.8 Å². The number of nitrogens with zero attached hydrogens (tertiary/aromatic N) is 2. The first-order chi connectivity index (χ1) is 17.1. The third kappa shape index (κ3) is 4.31. The molecule has 1 aromatic heterocycles. The van der Waals surface area contributed by atoms with Crippen LogP contribution in [0.1, 0.15) is 49.3 Å². The average Bonchev–Trinajstić information content (AvgIpc) is 3.13. The van der Waals surface area contributed by atoms with Gasteiger partial charge in [-0.15, -0.1) is 0 Å². The molecule has 6 nitrogen and oxygen atoms in total. The highest BCUT2D eigenvalue weighted by Gasteiger charge is 2.37. The molecule has 3 aromatic rings. The van der Waals surface area contributed by atoms with Crippen LogP contribution in [0.3, 0.4) is 0 Å². The van der Waals surface area contributed by atoms with Crippen LogP contribution < -0.4 is 4.90 Å². The molecule has 1 saturated heterocycles. The van der Waals surface area contributed by atoms with E-state index >= 15 is 0 Å². The average molecular weight is 491 g/mol. The second-order valence-corrected chi connectivity index (χ2v) is 11.3. The second kappa shape index (κ2) is 9.24. The van der Waals surface area contributed by atoms with Crippen LogP contribution in [-0.2, 0) is 25.5 Å². The van der Waals surface area contributed by atoms with Gasteiger partial charge in [0.25, 0.3) is 0 Å². The number of rotatable bonds is 6.